The average Bonchev–Trinajstić information content (AvgIpc) is 3.49. The van der Waals surface area contributed by atoms with Crippen molar-refractivity contribution in [3.8, 4) is 33.6 Å². The van der Waals surface area contributed by atoms with E-state index in [1.807, 2.05) is 54.9 Å². The number of carboxylic acid groups (broad SMARTS) is 1. The first-order valence-electron chi connectivity index (χ1n) is 11.9. The van der Waals surface area contributed by atoms with E-state index in [1.165, 1.54) is 5.69 Å². The van der Waals surface area contributed by atoms with Crippen LogP contribution in [-0.2, 0) is 24.2 Å². The van der Waals surface area contributed by atoms with Crippen molar-refractivity contribution in [2.45, 2.75) is 32.2 Å². The van der Waals surface area contributed by atoms with Crippen LogP contribution < -0.4 is 0 Å². The number of rotatable bonds is 6. The highest BCUT2D eigenvalue weighted by atomic mass is 16.4. The van der Waals surface area contributed by atoms with E-state index in [0.29, 0.717) is 6.42 Å². The Morgan fingerprint density at radius 2 is 1.80 bits per heavy atom. The van der Waals surface area contributed by atoms with E-state index in [2.05, 4.69) is 33.9 Å². The second-order valence-corrected chi connectivity index (χ2v) is 8.89. The van der Waals surface area contributed by atoms with Crippen LogP contribution in [-0.4, -0.2) is 30.8 Å². The van der Waals surface area contributed by atoms with Crippen LogP contribution in [0.15, 0.2) is 79.1 Å². The van der Waals surface area contributed by atoms with Crippen molar-refractivity contribution in [2.24, 2.45) is 0 Å². The van der Waals surface area contributed by atoms with Gasteiger partial charge in [-0.05, 0) is 65.8 Å². The van der Waals surface area contributed by atoms with E-state index in [1.54, 1.807) is 0 Å². The highest BCUT2D eigenvalue weighted by molar-refractivity contribution is 6.00. The van der Waals surface area contributed by atoms with Gasteiger partial charge in [0.25, 0.3) is 0 Å². The number of nitrogens with zero attached hydrogens (tertiary/aromatic N) is 4. The molecule has 0 radical (unpaired) electrons. The number of carboxylic acids is 1. The molecule has 6 heteroatoms. The minimum atomic E-state index is -0.777. The number of aromatic nitrogens is 4. The normalized spacial score (nSPS) is 12.7. The molecule has 6 nitrogen and oxygen atoms in total. The topological polar surface area (TPSA) is 80.9 Å². The smallest absolute Gasteiger partial charge is 0.303 e. The summed E-state index contributed by atoms with van der Waals surface area (Å²) in [5.74, 6) is -0.777. The molecule has 0 atom stereocenters. The van der Waals surface area contributed by atoms with Crippen molar-refractivity contribution in [1.82, 2.24) is 19.7 Å². The number of aliphatic carboxylic acids is 1. The maximum Gasteiger partial charge on any atom is 0.303 e. The Kier molecular flexibility index (Phi) is 5.34. The van der Waals surface area contributed by atoms with Crippen LogP contribution >= 0.6 is 0 Å². The lowest BCUT2D eigenvalue weighted by Gasteiger charge is -2.10. The van der Waals surface area contributed by atoms with E-state index < -0.39 is 5.97 Å². The van der Waals surface area contributed by atoms with Gasteiger partial charge in [0, 0.05) is 42.0 Å². The molecule has 0 amide bonds. The molecule has 0 fully saturated rings. The quantitative estimate of drug-likeness (QED) is 0.347. The van der Waals surface area contributed by atoms with Crippen molar-refractivity contribution in [1.29, 1.82) is 0 Å². The molecule has 0 unspecified atom stereocenters. The summed E-state index contributed by atoms with van der Waals surface area (Å²) in [6.45, 7) is 0.935. The van der Waals surface area contributed by atoms with Crippen molar-refractivity contribution in [2.75, 3.05) is 0 Å². The Labute approximate surface area is 202 Å². The van der Waals surface area contributed by atoms with Gasteiger partial charge in [-0.3, -0.25) is 19.4 Å². The molecule has 6 rings (SSSR count). The highest BCUT2D eigenvalue weighted by Crippen LogP contribution is 2.40. The van der Waals surface area contributed by atoms with Gasteiger partial charge in [-0.1, -0.05) is 42.5 Å². The van der Waals surface area contributed by atoms with Crippen molar-refractivity contribution < 1.29 is 9.90 Å². The molecule has 5 aromatic rings. The van der Waals surface area contributed by atoms with Crippen LogP contribution in [0.25, 0.3) is 44.5 Å². The van der Waals surface area contributed by atoms with Gasteiger partial charge >= 0.3 is 5.97 Å². The first kappa shape index (κ1) is 21.2. The van der Waals surface area contributed by atoms with Crippen molar-refractivity contribution in [3.05, 3.63) is 90.4 Å². The van der Waals surface area contributed by atoms with Gasteiger partial charge in [-0.15, -0.1) is 0 Å². The molecule has 1 N–H and O–H groups in total. The number of fused-ring (bicyclic) bond motifs is 2. The third-order valence-corrected chi connectivity index (χ3v) is 6.68. The van der Waals surface area contributed by atoms with E-state index in [4.69, 9.17) is 15.2 Å². The fourth-order valence-electron chi connectivity index (χ4n) is 4.96. The molecule has 0 bridgehead atoms. The summed E-state index contributed by atoms with van der Waals surface area (Å²) >= 11 is 0. The van der Waals surface area contributed by atoms with E-state index in [9.17, 15) is 4.79 Å². The van der Waals surface area contributed by atoms with E-state index >= 15 is 0 Å². The second-order valence-electron chi connectivity index (χ2n) is 8.89. The average molecular weight is 461 g/mol. The summed E-state index contributed by atoms with van der Waals surface area (Å²) in [6, 6.07) is 22.5. The van der Waals surface area contributed by atoms with E-state index in [-0.39, 0.29) is 6.42 Å². The fourth-order valence-corrected chi connectivity index (χ4v) is 4.96. The van der Waals surface area contributed by atoms with Gasteiger partial charge in [-0.25, -0.2) is 0 Å². The first-order valence-corrected chi connectivity index (χ1v) is 11.9. The highest BCUT2D eigenvalue weighted by Gasteiger charge is 2.25. The molecule has 0 aliphatic carbocycles. The Morgan fingerprint density at radius 1 is 0.943 bits per heavy atom. The zero-order valence-electron chi connectivity index (χ0n) is 19.2. The Morgan fingerprint density at radius 3 is 2.60 bits per heavy atom. The van der Waals surface area contributed by atoms with Crippen molar-refractivity contribution >= 4 is 16.9 Å². The number of carbonyl (C=O) groups is 1. The van der Waals surface area contributed by atoms with Gasteiger partial charge in [-0.2, -0.15) is 5.10 Å². The fraction of sp³-hybridized carbons (Fsp3) is 0.172. The minimum absolute atomic E-state index is 0.140. The number of hydrogen-bond acceptors (Lipinski definition) is 4. The molecular formula is C29H24N4O2. The number of aryl methyl sites for hydroxylation is 2. The summed E-state index contributed by atoms with van der Waals surface area (Å²) in [4.78, 5) is 20.1. The Balaban J connectivity index is 1.42. The zero-order valence-corrected chi connectivity index (χ0v) is 19.2. The molecule has 0 saturated heterocycles. The molecule has 3 aromatic heterocycles. The summed E-state index contributed by atoms with van der Waals surface area (Å²) in [5.41, 5.74) is 9.48. The molecule has 35 heavy (non-hydrogen) atoms. The summed E-state index contributed by atoms with van der Waals surface area (Å²) in [5, 5.41) is 14.9. The Hall–Kier alpha value is -4.32. The van der Waals surface area contributed by atoms with Gasteiger partial charge in [0.1, 0.15) is 5.69 Å². The Bertz CT molecular complexity index is 1540. The van der Waals surface area contributed by atoms with Crippen LogP contribution in [0.3, 0.4) is 0 Å². The van der Waals surface area contributed by atoms with Gasteiger partial charge in [0.15, 0.2) is 0 Å². The molecule has 0 saturated carbocycles. The van der Waals surface area contributed by atoms with Crippen LogP contribution in [0.4, 0.5) is 0 Å². The maximum atomic E-state index is 10.8. The summed E-state index contributed by atoms with van der Waals surface area (Å²) in [7, 11) is 0. The lowest BCUT2D eigenvalue weighted by atomic mass is 9.95. The predicted molar refractivity (Wildman–Crippen MR) is 136 cm³/mol. The van der Waals surface area contributed by atoms with Crippen LogP contribution in [0.1, 0.15) is 24.1 Å². The number of pyridine rings is 2. The largest absolute Gasteiger partial charge is 0.481 e. The molecule has 0 spiro atoms. The van der Waals surface area contributed by atoms with Gasteiger partial charge < -0.3 is 5.11 Å². The first-order chi connectivity index (χ1) is 17.2. The lowest BCUT2D eigenvalue weighted by Crippen LogP contribution is -1.97. The summed E-state index contributed by atoms with van der Waals surface area (Å²) in [6.07, 6.45) is 6.47. The van der Waals surface area contributed by atoms with E-state index in [0.717, 1.165) is 69.5 Å². The summed E-state index contributed by atoms with van der Waals surface area (Å²) < 4.78 is 2.13. The molecule has 172 valence electrons. The second kappa shape index (κ2) is 8.80. The molecular weight excluding hydrogens is 436 g/mol. The standard InChI is InChI=1S/C29H24N4O2/c34-27(35)13-8-19-6-9-20(10-7-19)21-11-12-22-23(14-16-31-25(22)18-21)28-26-5-3-17-33(26)32-29(28)24-4-1-2-15-30-24/h1-2,4,6-7,9-12,14-16,18H,3,5,8,13,17H2,(H,34,35). The molecule has 1 aliphatic rings. The van der Waals surface area contributed by atoms with Crippen LogP contribution in [0.2, 0.25) is 0 Å². The molecule has 4 heterocycles. The minimum Gasteiger partial charge on any atom is -0.481 e. The lowest BCUT2D eigenvalue weighted by molar-refractivity contribution is -0.136. The van der Waals surface area contributed by atoms with Crippen LogP contribution in [0.5, 0.6) is 0 Å². The van der Waals surface area contributed by atoms with Gasteiger partial charge in [0.2, 0.25) is 0 Å². The van der Waals surface area contributed by atoms with Crippen LogP contribution in [0, 0.1) is 0 Å². The number of benzene rings is 2. The zero-order chi connectivity index (χ0) is 23.8. The molecule has 1 aliphatic heterocycles. The third kappa shape index (κ3) is 3.97. The third-order valence-electron chi connectivity index (χ3n) is 6.68. The monoisotopic (exact) mass is 460 g/mol. The SMILES string of the molecule is O=C(O)CCc1ccc(-c2ccc3c(-c4c(-c5ccccn5)nn5c4CCC5)ccnc3c2)cc1. The number of hydrogen-bond donors (Lipinski definition) is 1. The molecule has 2 aromatic carbocycles. The predicted octanol–water partition coefficient (Wildman–Crippen LogP) is 5.79. The van der Waals surface area contributed by atoms with Crippen molar-refractivity contribution in [3.63, 3.8) is 0 Å². The van der Waals surface area contributed by atoms with Gasteiger partial charge in [0.05, 0.1) is 11.2 Å². The maximum absolute atomic E-state index is 10.8.